The van der Waals surface area contributed by atoms with E-state index in [-0.39, 0.29) is 0 Å². The van der Waals surface area contributed by atoms with Crippen LogP contribution in [0.5, 0.6) is 0 Å². The van der Waals surface area contributed by atoms with Crippen molar-refractivity contribution in [3.8, 4) is 0 Å². The highest BCUT2D eigenvalue weighted by Crippen LogP contribution is 2.41. The Labute approximate surface area is 72.0 Å². The smallest absolute Gasteiger partial charge is 0.208 e. The average molecular weight is 166 g/mol. The number of hydrogen-bond donors (Lipinski definition) is 1. The lowest BCUT2D eigenvalue weighted by atomic mass is 10.2. The van der Waals surface area contributed by atoms with E-state index in [1.165, 1.54) is 12.8 Å². The zero-order valence-electron chi connectivity index (χ0n) is 7.34. The van der Waals surface area contributed by atoms with E-state index in [9.17, 15) is 0 Å². The minimum absolute atomic E-state index is 0.416. The van der Waals surface area contributed by atoms with E-state index in [2.05, 4.69) is 11.9 Å². The fourth-order valence-electron chi connectivity index (χ4n) is 1.43. The molecule has 2 N–H and O–H groups in total. The monoisotopic (exact) mass is 166 g/mol. The van der Waals surface area contributed by atoms with Crippen molar-refractivity contribution in [3.05, 3.63) is 17.3 Å². The summed E-state index contributed by atoms with van der Waals surface area (Å²) in [4.78, 5) is 4.37. The summed E-state index contributed by atoms with van der Waals surface area (Å²) in [5, 5.41) is 0. The first-order chi connectivity index (χ1) is 5.85. The highest BCUT2D eigenvalue weighted by molar-refractivity contribution is 5.19. The standard InChI is InChI=1S/C9H14N2O/c1-2-7-9(6-3-4-6)11-8(5-10)12-7/h6H,2-5,10H2,1H3. The first-order valence-corrected chi connectivity index (χ1v) is 4.53. The van der Waals surface area contributed by atoms with Crippen molar-refractivity contribution in [3.63, 3.8) is 0 Å². The van der Waals surface area contributed by atoms with Gasteiger partial charge in [0.1, 0.15) is 5.76 Å². The van der Waals surface area contributed by atoms with Gasteiger partial charge in [0.15, 0.2) is 0 Å². The van der Waals surface area contributed by atoms with Crippen molar-refractivity contribution < 1.29 is 4.42 Å². The van der Waals surface area contributed by atoms with Crippen LogP contribution in [-0.4, -0.2) is 4.98 Å². The van der Waals surface area contributed by atoms with Crippen LogP contribution in [0.3, 0.4) is 0 Å². The zero-order chi connectivity index (χ0) is 8.55. The second kappa shape index (κ2) is 2.90. The lowest BCUT2D eigenvalue weighted by Crippen LogP contribution is -1.95. The molecule has 0 aliphatic heterocycles. The van der Waals surface area contributed by atoms with Gasteiger partial charge in [-0.3, -0.25) is 0 Å². The number of hydrogen-bond acceptors (Lipinski definition) is 3. The van der Waals surface area contributed by atoms with Crippen molar-refractivity contribution in [2.24, 2.45) is 5.73 Å². The predicted octanol–water partition coefficient (Wildman–Crippen LogP) is 1.57. The predicted molar refractivity (Wildman–Crippen MR) is 45.7 cm³/mol. The van der Waals surface area contributed by atoms with E-state index >= 15 is 0 Å². The maximum Gasteiger partial charge on any atom is 0.208 e. The normalized spacial score (nSPS) is 16.8. The van der Waals surface area contributed by atoms with Gasteiger partial charge in [0.25, 0.3) is 0 Å². The van der Waals surface area contributed by atoms with Crippen LogP contribution in [0.2, 0.25) is 0 Å². The third-order valence-corrected chi connectivity index (χ3v) is 2.23. The Balaban J connectivity index is 2.29. The Bertz CT molecular complexity index is 276. The van der Waals surface area contributed by atoms with Gasteiger partial charge in [0, 0.05) is 12.3 Å². The van der Waals surface area contributed by atoms with Crippen LogP contribution in [0.25, 0.3) is 0 Å². The Morgan fingerprint density at radius 3 is 2.83 bits per heavy atom. The molecule has 0 radical (unpaired) electrons. The summed E-state index contributed by atoms with van der Waals surface area (Å²) < 4.78 is 5.48. The second-order valence-corrected chi connectivity index (χ2v) is 3.25. The summed E-state index contributed by atoms with van der Waals surface area (Å²) in [5.41, 5.74) is 6.62. The van der Waals surface area contributed by atoms with Crippen LogP contribution in [0.1, 0.15) is 43.0 Å². The molecule has 0 unspecified atom stereocenters. The Morgan fingerprint density at radius 2 is 2.33 bits per heavy atom. The summed E-state index contributed by atoms with van der Waals surface area (Å²) in [6.45, 7) is 2.51. The van der Waals surface area contributed by atoms with Crippen molar-refractivity contribution in [2.45, 2.75) is 38.6 Å². The molecule has 1 heterocycles. The molecule has 1 fully saturated rings. The lowest BCUT2D eigenvalue weighted by molar-refractivity contribution is 0.459. The third kappa shape index (κ3) is 1.25. The molecular weight excluding hydrogens is 152 g/mol. The molecule has 0 aromatic carbocycles. The van der Waals surface area contributed by atoms with Crippen LogP contribution in [-0.2, 0) is 13.0 Å². The van der Waals surface area contributed by atoms with Crippen molar-refractivity contribution >= 4 is 0 Å². The topological polar surface area (TPSA) is 52.0 Å². The number of oxazole rings is 1. The van der Waals surface area contributed by atoms with Gasteiger partial charge in [0.2, 0.25) is 5.89 Å². The van der Waals surface area contributed by atoms with Crippen molar-refractivity contribution in [2.75, 3.05) is 0 Å². The summed E-state index contributed by atoms with van der Waals surface area (Å²) in [5.74, 6) is 2.40. The van der Waals surface area contributed by atoms with Crippen molar-refractivity contribution in [1.29, 1.82) is 0 Å². The second-order valence-electron chi connectivity index (χ2n) is 3.25. The Kier molecular flexibility index (Phi) is 1.89. The maximum absolute atomic E-state index is 5.48. The van der Waals surface area contributed by atoms with E-state index in [1.54, 1.807) is 0 Å². The molecule has 0 atom stereocenters. The Morgan fingerprint density at radius 1 is 1.58 bits per heavy atom. The number of rotatable bonds is 3. The summed E-state index contributed by atoms with van der Waals surface area (Å²) in [7, 11) is 0. The van der Waals surface area contributed by atoms with E-state index in [0.717, 1.165) is 17.9 Å². The SMILES string of the molecule is CCc1oc(CN)nc1C1CC1. The first-order valence-electron chi connectivity index (χ1n) is 4.53. The van der Waals surface area contributed by atoms with Gasteiger partial charge >= 0.3 is 0 Å². The first kappa shape index (κ1) is 7.80. The maximum atomic E-state index is 5.48. The zero-order valence-corrected chi connectivity index (χ0v) is 7.34. The third-order valence-electron chi connectivity index (χ3n) is 2.23. The number of aryl methyl sites for hydroxylation is 1. The van der Waals surface area contributed by atoms with Gasteiger partial charge in [-0.25, -0.2) is 4.98 Å². The Hall–Kier alpha value is -0.830. The summed E-state index contributed by atoms with van der Waals surface area (Å²) in [6.07, 6.45) is 3.46. The van der Waals surface area contributed by atoms with Gasteiger partial charge in [0.05, 0.1) is 12.2 Å². The molecule has 3 nitrogen and oxygen atoms in total. The van der Waals surface area contributed by atoms with E-state index < -0.39 is 0 Å². The van der Waals surface area contributed by atoms with Crippen molar-refractivity contribution in [1.82, 2.24) is 4.98 Å². The minimum Gasteiger partial charge on any atom is -0.444 e. The van der Waals surface area contributed by atoms with E-state index in [1.807, 2.05) is 0 Å². The van der Waals surface area contributed by atoms with Gasteiger partial charge in [-0.2, -0.15) is 0 Å². The molecule has 1 aromatic heterocycles. The van der Waals surface area contributed by atoms with Gasteiger partial charge in [-0.1, -0.05) is 6.92 Å². The molecule has 1 aliphatic carbocycles. The molecule has 1 aliphatic rings. The van der Waals surface area contributed by atoms with Gasteiger partial charge < -0.3 is 10.2 Å². The van der Waals surface area contributed by atoms with E-state index in [4.69, 9.17) is 10.2 Å². The van der Waals surface area contributed by atoms with Gasteiger partial charge in [-0.15, -0.1) is 0 Å². The molecule has 12 heavy (non-hydrogen) atoms. The molecule has 0 bridgehead atoms. The minimum atomic E-state index is 0.416. The number of nitrogens with zero attached hydrogens (tertiary/aromatic N) is 1. The van der Waals surface area contributed by atoms with Crippen LogP contribution in [0.15, 0.2) is 4.42 Å². The molecule has 0 saturated heterocycles. The molecule has 2 rings (SSSR count). The molecule has 66 valence electrons. The summed E-state index contributed by atoms with van der Waals surface area (Å²) in [6, 6.07) is 0. The van der Waals surface area contributed by atoms with Crippen LogP contribution in [0.4, 0.5) is 0 Å². The average Bonchev–Trinajstić information content (AvgIpc) is 2.85. The quantitative estimate of drug-likeness (QED) is 0.741. The highest BCUT2D eigenvalue weighted by atomic mass is 16.4. The van der Waals surface area contributed by atoms with Gasteiger partial charge in [-0.05, 0) is 12.8 Å². The lowest BCUT2D eigenvalue weighted by Gasteiger charge is -1.91. The highest BCUT2D eigenvalue weighted by Gasteiger charge is 2.29. The molecule has 0 amide bonds. The molecule has 3 heteroatoms. The molecule has 0 spiro atoms. The van der Waals surface area contributed by atoms with E-state index in [0.29, 0.717) is 18.4 Å². The summed E-state index contributed by atoms with van der Waals surface area (Å²) >= 11 is 0. The van der Waals surface area contributed by atoms with Crippen LogP contribution >= 0.6 is 0 Å². The largest absolute Gasteiger partial charge is 0.444 e. The molecule has 1 saturated carbocycles. The fourth-order valence-corrected chi connectivity index (χ4v) is 1.43. The fraction of sp³-hybridized carbons (Fsp3) is 0.667. The molecular formula is C9H14N2O. The number of aromatic nitrogens is 1. The van der Waals surface area contributed by atoms with Crippen LogP contribution in [0, 0.1) is 0 Å². The number of nitrogens with two attached hydrogens (primary N) is 1. The van der Waals surface area contributed by atoms with Crippen LogP contribution < -0.4 is 5.73 Å². The molecule has 1 aromatic rings.